The van der Waals surface area contributed by atoms with Gasteiger partial charge in [0.05, 0.1) is 15.8 Å². The Morgan fingerprint density at radius 3 is 1.21 bits per heavy atom. The van der Waals surface area contributed by atoms with Crippen LogP contribution in [-0.2, 0) is 0 Å². The van der Waals surface area contributed by atoms with Crippen molar-refractivity contribution in [1.82, 2.24) is 0 Å². The van der Waals surface area contributed by atoms with Crippen molar-refractivity contribution in [2.45, 2.75) is 6.92 Å². The molecule has 0 aromatic heterocycles. The lowest BCUT2D eigenvalue weighted by molar-refractivity contribution is 1.22. The van der Waals surface area contributed by atoms with Gasteiger partial charge >= 0.3 is 0 Å². The van der Waals surface area contributed by atoms with Gasteiger partial charge in [-0.3, -0.25) is 0 Å². The molecule has 0 saturated carbocycles. The fraction of sp³-hybridized carbons (Fsp3) is 0.0256. The topological polar surface area (TPSA) is 6.48 Å². The summed E-state index contributed by atoms with van der Waals surface area (Å²) in [6, 6.07) is 56.1. The Morgan fingerprint density at radius 2 is 0.762 bits per heavy atom. The smallest absolute Gasteiger partial charge is 0.0657 e. The molecule has 202 valence electrons. The lowest BCUT2D eigenvalue weighted by atomic mass is 10.0. The summed E-state index contributed by atoms with van der Waals surface area (Å²) in [7, 11) is 0. The Bertz CT molecular complexity index is 1900. The Balaban J connectivity index is 1.48. The van der Waals surface area contributed by atoms with Crippen LogP contribution in [0.3, 0.4) is 0 Å². The van der Waals surface area contributed by atoms with E-state index in [4.69, 9.17) is 0 Å². The summed E-state index contributed by atoms with van der Waals surface area (Å²) >= 11 is 4.12. The van der Waals surface area contributed by atoms with Crippen molar-refractivity contribution in [3.8, 4) is 0 Å². The zero-order valence-corrected chi connectivity index (χ0v) is 24.9. The highest BCUT2D eigenvalue weighted by Crippen LogP contribution is 2.48. The van der Waals surface area contributed by atoms with Crippen LogP contribution in [0.25, 0.3) is 21.5 Å². The van der Waals surface area contributed by atoms with E-state index in [-0.39, 0.29) is 0 Å². The number of anilines is 6. The molecule has 0 aliphatic carbocycles. The second kappa shape index (κ2) is 11.2. The van der Waals surface area contributed by atoms with Crippen molar-refractivity contribution in [2.75, 3.05) is 9.80 Å². The predicted molar refractivity (Wildman–Crippen MR) is 183 cm³/mol. The molecular formula is C39H29BrN2. The van der Waals surface area contributed by atoms with Crippen LogP contribution in [0.4, 0.5) is 34.1 Å². The molecule has 0 heterocycles. The summed E-state index contributed by atoms with van der Waals surface area (Å²) < 4.78 is 1.02. The van der Waals surface area contributed by atoms with Crippen molar-refractivity contribution >= 4 is 71.6 Å². The van der Waals surface area contributed by atoms with Gasteiger partial charge in [0.25, 0.3) is 0 Å². The van der Waals surface area contributed by atoms with E-state index < -0.39 is 0 Å². The molecule has 0 N–H and O–H groups in total. The molecule has 42 heavy (non-hydrogen) atoms. The molecule has 0 fully saturated rings. The Labute approximate surface area is 255 Å². The minimum atomic E-state index is 1.02. The van der Waals surface area contributed by atoms with Gasteiger partial charge in [0.2, 0.25) is 0 Å². The minimum absolute atomic E-state index is 1.02. The van der Waals surface area contributed by atoms with Crippen LogP contribution < -0.4 is 9.80 Å². The summed E-state index contributed by atoms with van der Waals surface area (Å²) in [4.78, 5) is 4.69. The summed E-state index contributed by atoms with van der Waals surface area (Å²) in [6.07, 6.45) is 0. The van der Waals surface area contributed by atoms with Gasteiger partial charge < -0.3 is 9.80 Å². The predicted octanol–water partition coefficient (Wildman–Crippen LogP) is 12.0. The monoisotopic (exact) mass is 604 g/mol. The van der Waals surface area contributed by atoms with E-state index >= 15 is 0 Å². The van der Waals surface area contributed by atoms with Gasteiger partial charge in [-0.1, -0.05) is 97.1 Å². The maximum atomic E-state index is 4.12. The summed E-state index contributed by atoms with van der Waals surface area (Å²) in [5, 5.41) is 4.87. The maximum Gasteiger partial charge on any atom is 0.0657 e. The normalized spacial score (nSPS) is 11.1. The van der Waals surface area contributed by atoms with Gasteiger partial charge in [-0.2, -0.15) is 0 Å². The number of fused-ring (bicyclic) bond motifs is 2. The minimum Gasteiger partial charge on any atom is -0.309 e. The second-order valence-corrected chi connectivity index (χ2v) is 11.3. The van der Waals surface area contributed by atoms with Crippen molar-refractivity contribution < 1.29 is 0 Å². The number of aryl methyl sites for hydroxylation is 1. The van der Waals surface area contributed by atoms with Gasteiger partial charge in [-0.25, -0.2) is 0 Å². The molecule has 0 bridgehead atoms. The van der Waals surface area contributed by atoms with E-state index in [2.05, 4.69) is 190 Å². The first-order valence-corrected chi connectivity index (χ1v) is 14.9. The van der Waals surface area contributed by atoms with Crippen LogP contribution in [-0.4, -0.2) is 0 Å². The standard InChI is InChI=1S/C39H29BrN2/c1-28-24-37(41(33-16-4-2-5-17-33)34-18-6-3-7-19-34)39(40)38(25-28)42(35-22-20-29-12-8-10-14-31(29)26-35)36-23-21-30-13-9-11-15-32(30)27-36/h2-27H,1H3. The first-order chi connectivity index (χ1) is 20.7. The lowest BCUT2D eigenvalue weighted by Gasteiger charge is -2.32. The van der Waals surface area contributed by atoms with Gasteiger partial charge in [0.1, 0.15) is 0 Å². The number of nitrogens with zero attached hydrogens (tertiary/aromatic N) is 2. The molecular weight excluding hydrogens is 576 g/mol. The molecule has 0 atom stereocenters. The quantitative estimate of drug-likeness (QED) is 0.186. The first kappa shape index (κ1) is 26.1. The highest BCUT2D eigenvalue weighted by Gasteiger charge is 2.23. The molecule has 7 aromatic carbocycles. The molecule has 7 aromatic rings. The Kier molecular flexibility index (Phi) is 6.95. The molecule has 7 rings (SSSR count). The van der Waals surface area contributed by atoms with Crippen molar-refractivity contribution in [3.05, 3.63) is 168 Å². The van der Waals surface area contributed by atoms with Crippen molar-refractivity contribution in [2.24, 2.45) is 0 Å². The zero-order valence-electron chi connectivity index (χ0n) is 23.3. The van der Waals surface area contributed by atoms with Crippen molar-refractivity contribution in [1.29, 1.82) is 0 Å². The maximum absolute atomic E-state index is 4.12. The van der Waals surface area contributed by atoms with E-state index in [0.717, 1.165) is 38.6 Å². The van der Waals surface area contributed by atoms with E-state index in [9.17, 15) is 0 Å². The van der Waals surface area contributed by atoms with E-state index in [1.165, 1.54) is 27.1 Å². The Morgan fingerprint density at radius 1 is 0.381 bits per heavy atom. The van der Waals surface area contributed by atoms with Crippen LogP contribution in [0.15, 0.2) is 162 Å². The van der Waals surface area contributed by atoms with Gasteiger partial charge in [-0.05, 0) is 111 Å². The molecule has 0 radical (unpaired) electrons. The first-order valence-electron chi connectivity index (χ1n) is 14.1. The second-order valence-electron chi connectivity index (χ2n) is 10.5. The molecule has 2 nitrogen and oxygen atoms in total. The number of hydrogen-bond donors (Lipinski definition) is 0. The number of halogens is 1. The fourth-order valence-electron chi connectivity index (χ4n) is 5.70. The lowest BCUT2D eigenvalue weighted by Crippen LogP contribution is -2.15. The summed E-state index contributed by atoms with van der Waals surface area (Å²) in [5.74, 6) is 0. The molecule has 0 aliphatic heterocycles. The number of hydrogen-bond acceptors (Lipinski definition) is 2. The fourth-order valence-corrected chi connectivity index (χ4v) is 6.28. The van der Waals surface area contributed by atoms with E-state index in [1.54, 1.807) is 0 Å². The van der Waals surface area contributed by atoms with E-state index in [1.807, 2.05) is 0 Å². The third-order valence-corrected chi connectivity index (χ3v) is 8.48. The molecule has 0 amide bonds. The van der Waals surface area contributed by atoms with Crippen LogP contribution in [0.2, 0.25) is 0 Å². The van der Waals surface area contributed by atoms with Gasteiger partial charge in [0.15, 0.2) is 0 Å². The van der Waals surface area contributed by atoms with Crippen LogP contribution in [0, 0.1) is 6.92 Å². The van der Waals surface area contributed by atoms with Gasteiger partial charge in [-0.15, -0.1) is 0 Å². The molecule has 0 aliphatic rings. The average Bonchev–Trinajstić information content (AvgIpc) is 3.04. The molecule has 0 unspecified atom stereocenters. The van der Waals surface area contributed by atoms with Crippen LogP contribution in [0.1, 0.15) is 5.56 Å². The SMILES string of the molecule is Cc1cc(N(c2ccccc2)c2ccccc2)c(Br)c(N(c2ccc3ccccc3c2)c2ccc3ccccc3c2)c1. The Hall–Kier alpha value is -4.86. The largest absolute Gasteiger partial charge is 0.309 e. The van der Waals surface area contributed by atoms with Crippen LogP contribution in [0.5, 0.6) is 0 Å². The van der Waals surface area contributed by atoms with Gasteiger partial charge in [0, 0.05) is 22.7 Å². The van der Waals surface area contributed by atoms with E-state index in [0.29, 0.717) is 0 Å². The summed E-state index contributed by atoms with van der Waals surface area (Å²) in [6.45, 7) is 2.17. The highest BCUT2D eigenvalue weighted by molar-refractivity contribution is 9.10. The number of rotatable bonds is 6. The average molecular weight is 606 g/mol. The molecule has 0 saturated heterocycles. The zero-order chi connectivity index (χ0) is 28.5. The van der Waals surface area contributed by atoms with Crippen molar-refractivity contribution in [3.63, 3.8) is 0 Å². The third kappa shape index (κ3) is 4.93. The van der Waals surface area contributed by atoms with Crippen LogP contribution >= 0.6 is 15.9 Å². The number of benzene rings is 7. The molecule has 3 heteroatoms. The highest BCUT2D eigenvalue weighted by atomic mass is 79.9. The third-order valence-electron chi connectivity index (χ3n) is 7.67. The number of para-hydroxylation sites is 2. The molecule has 0 spiro atoms. The summed E-state index contributed by atoms with van der Waals surface area (Å²) in [5.41, 5.74) is 7.74.